The lowest BCUT2D eigenvalue weighted by atomic mass is 10.0. The lowest BCUT2D eigenvalue weighted by molar-refractivity contribution is 0.494. The van der Waals surface area contributed by atoms with E-state index in [1.54, 1.807) is 12.1 Å². The van der Waals surface area contributed by atoms with E-state index in [4.69, 9.17) is 11.6 Å². The largest absolute Gasteiger partial charge is 0.368 e. The van der Waals surface area contributed by atoms with Crippen molar-refractivity contribution in [3.63, 3.8) is 0 Å². The van der Waals surface area contributed by atoms with Crippen molar-refractivity contribution in [2.75, 3.05) is 18.0 Å². The Morgan fingerprint density at radius 2 is 1.94 bits per heavy atom. The fourth-order valence-corrected chi connectivity index (χ4v) is 3.66. The van der Waals surface area contributed by atoms with Gasteiger partial charge in [0.25, 0.3) is 0 Å². The van der Waals surface area contributed by atoms with E-state index in [1.807, 2.05) is 6.07 Å². The van der Waals surface area contributed by atoms with E-state index in [9.17, 15) is 4.39 Å². The van der Waals surface area contributed by atoms with Crippen molar-refractivity contribution in [2.24, 2.45) is 11.8 Å². The summed E-state index contributed by atoms with van der Waals surface area (Å²) in [4.78, 5) is 2.21. The predicted octanol–water partition coefficient (Wildman–Crippen LogP) is 3.80. The van der Waals surface area contributed by atoms with Gasteiger partial charge in [-0.1, -0.05) is 18.6 Å². The van der Waals surface area contributed by atoms with Gasteiger partial charge in [0.15, 0.2) is 0 Å². The highest BCUT2D eigenvalue weighted by atomic mass is 35.5. The molecule has 1 saturated heterocycles. The summed E-state index contributed by atoms with van der Waals surface area (Å²) in [5.41, 5.74) is 1.67. The average Bonchev–Trinajstić information content (AvgIpc) is 2.88. The van der Waals surface area contributed by atoms with Crippen LogP contribution in [0.5, 0.6) is 0 Å². The highest BCUT2D eigenvalue weighted by molar-refractivity contribution is 6.17. The molecule has 1 aromatic carbocycles. The molecule has 0 amide bonds. The summed E-state index contributed by atoms with van der Waals surface area (Å²) in [6, 6.07) is 5.21. The Labute approximate surface area is 107 Å². The van der Waals surface area contributed by atoms with Crippen LogP contribution in [0, 0.1) is 17.7 Å². The molecule has 0 N–H and O–H groups in total. The Hall–Kier alpha value is -0.760. The third-order valence-electron chi connectivity index (χ3n) is 4.26. The first-order valence-corrected chi connectivity index (χ1v) is 6.91. The maximum atomic E-state index is 14.0. The summed E-state index contributed by atoms with van der Waals surface area (Å²) < 4.78 is 14.0. The number of anilines is 1. The van der Waals surface area contributed by atoms with E-state index in [-0.39, 0.29) is 5.82 Å². The van der Waals surface area contributed by atoms with Crippen molar-refractivity contribution in [1.29, 1.82) is 0 Å². The van der Waals surface area contributed by atoms with Crippen LogP contribution < -0.4 is 4.90 Å². The molecular formula is C14H17ClFN. The zero-order chi connectivity index (χ0) is 11.8. The topological polar surface area (TPSA) is 3.24 Å². The second-order valence-corrected chi connectivity index (χ2v) is 5.50. The van der Waals surface area contributed by atoms with Crippen LogP contribution in [0.3, 0.4) is 0 Å². The van der Waals surface area contributed by atoms with E-state index in [0.29, 0.717) is 5.88 Å². The molecule has 92 valence electrons. The van der Waals surface area contributed by atoms with Crippen LogP contribution in [0.4, 0.5) is 10.1 Å². The van der Waals surface area contributed by atoms with Gasteiger partial charge in [-0.3, -0.25) is 0 Å². The molecule has 0 bridgehead atoms. The van der Waals surface area contributed by atoms with Crippen molar-refractivity contribution in [3.8, 4) is 0 Å². The highest BCUT2D eigenvalue weighted by Crippen LogP contribution is 2.41. The second-order valence-electron chi connectivity index (χ2n) is 5.24. The first-order valence-electron chi connectivity index (χ1n) is 6.38. The third kappa shape index (κ3) is 1.93. The summed E-state index contributed by atoms with van der Waals surface area (Å²) >= 11 is 5.91. The molecule has 0 aromatic heterocycles. The quantitative estimate of drug-likeness (QED) is 0.725. The van der Waals surface area contributed by atoms with Crippen molar-refractivity contribution in [1.82, 2.24) is 0 Å². The van der Waals surface area contributed by atoms with Gasteiger partial charge in [-0.15, -0.1) is 11.6 Å². The molecule has 1 aliphatic heterocycles. The average molecular weight is 254 g/mol. The summed E-state index contributed by atoms with van der Waals surface area (Å²) in [5, 5.41) is 0. The number of hydrogen-bond donors (Lipinski definition) is 0. The molecule has 0 spiro atoms. The lowest BCUT2D eigenvalue weighted by Gasteiger charge is -2.22. The number of halogens is 2. The van der Waals surface area contributed by atoms with Gasteiger partial charge in [0, 0.05) is 19.0 Å². The number of rotatable bonds is 2. The van der Waals surface area contributed by atoms with Gasteiger partial charge in [-0.2, -0.15) is 0 Å². The number of para-hydroxylation sites is 1. The number of nitrogens with zero attached hydrogens (tertiary/aromatic N) is 1. The lowest BCUT2D eigenvalue weighted by Crippen LogP contribution is -2.23. The normalized spacial score (nSPS) is 27.5. The monoisotopic (exact) mass is 253 g/mol. The second kappa shape index (κ2) is 4.49. The fourth-order valence-electron chi connectivity index (χ4n) is 3.44. The molecule has 2 unspecified atom stereocenters. The smallest absolute Gasteiger partial charge is 0.146 e. The van der Waals surface area contributed by atoms with Gasteiger partial charge in [0.05, 0.1) is 5.69 Å². The van der Waals surface area contributed by atoms with E-state index < -0.39 is 0 Å². The first-order chi connectivity index (χ1) is 8.29. The molecule has 17 heavy (non-hydrogen) atoms. The van der Waals surface area contributed by atoms with Gasteiger partial charge in [-0.05, 0) is 36.3 Å². The van der Waals surface area contributed by atoms with Gasteiger partial charge in [-0.25, -0.2) is 4.39 Å². The van der Waals surface area contributed by atoms with Crippen molar-refractivity contribution >= 4 is 17.3 Å². The molecule has 0 radical (unpaired) electrons. The third-order valence-corrected chi connectivity index (χ3v) is 4.54. The predicted molar refractivity (Wildman–Crippen MR) is 69.0 cm³/mol. The number of alkyl halides is 1. The Kier molecular flexibility index (Phi) is 2.99. The molecular weight excluding hydrogens is 237 g/mol. The van der Waals surface area contributed by atoms with Crippen molar-refractivity contribution in [2.45, 2.75) is 25.1 Å². The summed E-state index contributed by atoms with van der Waals surface area (Å²) in [7, 11) is 0. The fraction of sp³-hybridized carbons (Fsp3) is 0.571. The molecule has 3 heteroatoms. The van der Waals surface area contributed by atoms with E-state index in [1.165, 1.54) is 19.3 Å². The molecule has 1 nitrogen and oxygen atoms in total. The minimum atomic E-state index is -0.122. The standard InChI is InChI=1S/C14H17ClFN/c15-7-10-3-2-6-13(16)14(10)17-8-11-4-1-5-12(11)9-17/h2-3,6,11-12H,1,4-5,7-9H2. The van der Waals surface area contributed by atoms with Gasteiger partial charge >= 0.3 is 0 Å². The van der Waals surface area contributed by atoms with Gasteiger partial charge in [0.2, 0.25) is 0 Å². The van der Waals surface area contributed by atoms with Crippen LogP contribution in [-0.4, -0.2) is 13.1 Å². The molecule has 2 aliphatic rings. The minimum absolute atomic E-state index is 0.122. The molecule has 2 atom stereocenters. The molecule has 1 saturated carbocycles. The van der Waals surface area contributed by atoms with Crippen LogP contribution in [0.15, 0.2) is 18.2 Å². The van der Waals surface area contributed by atoms with Gasteiger partial charge in [0.1, 0.15) is 5.82 Å². The maximum absolute atomic E-state index is 14.0. The summed E-state index contributed by atoms with van der Waals surface area (Å²) in [6.07, 6.45) is 3.97. The molecule has 1 heterocycles. The summed E-state index contributed by atoms with van der Waals surface area (Å²) in [6.45, 7) is 2.02. The highest BCUT2D eigenvalue weighted by Gasteiger charge is 2.37. The molecule has 3 rings (SSSR count). The Balaban J connectivity index is 1.90. The zero-order valence-corrected chi connectivity index (χ0v) is 10.6. The van der Waals surface area contributed by atoms with Crippen LogP contribution in [0.25, 0.3) is 0 Å². The Morgan fingerprint density at radius 3 is 2.59 bits per heavy atom. The number of hydrogen-bond acceptors (Lipinski definition) is 1. The number of fused-ring (bicyclic) bond motifs is 1. The van der Waals surface area contributed by atoms with Crippen LogP contribution >= 0.6 is 11.6 Å². The van der Waals surface area contributed by atoms with Crippen molar-refractivity contribution < 1.29 is 4.39 Å². The van der Waals surface area contributed by atoms with Gasteiger partial charge < -0.3 is 4.90 Å². The number of benzene rings is 1. The maximum Gasteiger partial charge on any atom is 0.146 e. The van der Waals surface area contributed by atoms with Crippen LogP contribution in [0.1, 0.15) is 24.8 Å². The first kappa shape index (κ1) is 11.3. The van der Waals surface area contributed by atoms with Crippen molar-refractivity contribution in [3.05, 3.63) is 29.6 Å². The van der Waals surface area contributed by atoms with Crippen LogP contribution in [-0.2, 0) is 5.88 Å². The Morgan fingerprint density at radius 1 is 1.24 bits per heavy atom. The van der Waals surface area contributed by atoms with E-state index in [2.05, 4.69) is 4.90 Å². The minimum Gasteiger partial charge on any atom is -0.368 e. The van der Waals surface area contributed by atoms with E-state index >= 15 is 0 Å². The molecule has 2 fully saturated rings. The SMILES string of the molecule is Fc1cccc(CCl)c1N1CC2CCCC2C1. The molecule has 1 aliphatic carbocycles. The Bertz CT molecular complexity index is 409. The van der Waals surface area contributed by atoms with Crippen LogP contribution in [0.2, 0.25) is 0 Å². The molecule has 1 aromatic rings. The summed E-state index contributed by atoms with van der Waals surface area (Å²) in [5.74, 6) is 1.82. The van der Waals surface area contributed by atoms with E-state index in [0.717, 1.165) is 36.2 Å². The zero-order valence-electron chi connectivity index (χ0n) is 9.83.